The summed E-state index contributed by atoms with van der Waals surface area (Å²) in [5.41, 5.74) is 0.153. The first-order valence-corrected chi connectivity index (χ1v) is 5.69. The molecule has 2 rings (SSSR count). The van der Waals surface area contributed by atoms with Gasteiger partial charge in [0, 0.05) is 12.8 Å². The molecule has 1 atom stereocenters. The lowest BCUT2D eigenvalue weighted by molar-refractivity contribution is -0.154. The molecule has 1 saturated heterocycles. The van der Waals surface area contributed by atoms with Crippen molar-refractivity contribution in [3.05, 3.63) is 29.8 Å². The maximum Gasteiger partial charge on any atom is 0.158 e. The van der Waals surface area contributed by atoms with Gasteiger partial charge in [0.15, 0.2) is 12.1 Å². The molecule has 0 amide bonds. The molecular weight excluding hydrogens is 221 g/mol. The summed E-state index contributed by atoms with van der Waals surface area (Å²) in [5.74, 6) is 4.96. The van der Waals surface area contributed by atoms with E-state index < -0.39 is 5.82 Å². The molecule has 0 spiro atoms. The second-order valence-electron chi connectivity index (χ2n) is 3.74. The lowest BCUT2D eigenvalue weighted by Crippen LogP contribution is -2.22. The van der Waals surface area contributed by atoms with Gasteiger partial charge in [0.2, 0.25) is 0 Å². The van der Waals surface area contributed by atoms with Gasteiger partial charge in [-0.1, -0.05) is 5.92 Å². The number of hydrogen-bond donors (Lipinski definition) is 0. The molecule has 1 aromatic rings. The summed E-state index contributed by atoms with van der Waals surface area (Å²) >= 11 is 0. The maximum absolute atomic E-state index is 13.1. The van der Waals surface area contributed by atoms with Gasteiger partial charge in [-0.2, -0.15) is 0 Å². The van der Waals surface area contributed by atoms with Crippen molar-refractivity contribution in [3.8, 4) is 11.8 Å². The molecule has 3 nitrogen and oxygen atoms in total. The van der Waals surface area contributed by atoms with Gasteiger partial charge in [-0.15, -0.1) is 0 Å². The van der Waals surface area contributed by atoms with E-state index in [9.17, 15) is 4.39 Å². The smallest absolute Gasteiger partial charge is 0.158 e. The van der Waals surface area contributed by atoms with Crippen LogP contribution in [0.1, 0.15) is 25.0 Å². The Morgan fingerprint density at radius 2 is 2.47 bits per heavy atom. The van der Waals surface area contributed by atoms with Crippen molar-refractivity contribution < 1.29 is 13.9 Å². The van der Waals surface area contributed by atoms with E-state index in [0.29, 0.717) is 0 Å². The average molecular weight is 235 g/mol. The number of rotatable bonds is 2. The van der Waals surface area contributed by atoms with Crippen molar-refractivity contribution in [2.24, 2.45) is 0 Å². The van der Waals surface area contributed by atoms with E-state index >= 15 is 0 Å². The fourth-order valence-corrected chi connectivity index (χ4v) is 1.57. The van der Waals surface area contributed by atoms with Gasteiger partial charge in [0.1, 0.15) is 12.3 Å². The zero-order chi connectivity index (χ0) is 11.9. The van der Waals surface area contributed by atoms with Gasteiger partial charge in [0.05, 0.1) is 0 Å². The second-order valence-corrected chi connectivity index (χ2v) is 3.74. The molecule has 1 aliphatic rings. The average Bonchev–Trinajstić information content (AvgIpc) is 2.38. The maximum atomic E-state index is 13.1. The topological polar surface area (TPSA) is 31.4 Å². The Bertz CT molecular complexity index is 419. The Kier molecular flexibility index (Phi) is 4.48. The summed E-state index contributed by atoms with van der Waals surface area (Å²) in [5, 5.41) is 0. The van der Waals surface area contributed by atoms with Crippen molar-refractivity contribution in [2.45, 2.75) is 25.6 Å². The summed E-state index contributed by atoms with van der Waals surface area (Å²) in [6.07, 6.45) is 4.46. The monoisotopic (exact) mass is 235 g/mol. The van der Waals surface area contributed by atoms with Crippen molar-refractivity contribution in [2.75, 3.05) is 13.2 Å². The third-order valence-electron chi connectivity index (χ3n) is 2.44. The van der Waals surface area contributed by atoms with Gasteiger partial charge < -0.3 is 9.47 Å². The number of hydrogen-bond acceptors (Lipinski definition) is 3. The van der Waals surface area contributed by atoms with Crippen molar-refractivity contribution in [1.82, 2.24) is 4.98 Å². The van der Waals surface area contributed by atoms with Crippen LogP contribution in [0.3, 0.4) is 0 Å². The minimum absolute atomic E-state index is 0.153. The molecule has 0 aromatic carbocycles. The molecule has 1 fully saturated rings. The van der Waals surface area contributed by atoms with E-state index in [-0.39, 0.29) is 18.6 Å². The van der Waals surface area contributed by atoms with Crippen LogP contribution >= 0.6 is 0 Å². The Morgan fingerprint density at radius 1 is 1.53 bits per heavy atom. The van der Waals surface area contributed by atoms with Crippen molar-refractivity contribution in [1.29, 1.82) is 0 Å². The lowest BCUT2D eigenvalue weighted by atomic mass is 10.2. The van der Waals surface area contributed by atoms with E-state index in [4.69, 9.17) is 9.47 Å². The highest BCUT2D eigenvalue weighted by Crippen LogP contribution is 2.13. The van der Waals surface area contributed by atoms with Gasteiger partial charge in [0.25, 0.3) is 0 Å². The fraction of sp³-hybridized carbons (Fsp3) is 0.462. The Labute approximate surface area is 100.0 Å². The van der Waals surface area contributed by atoms with Crippen molar-refractivity contribution in [3.63, 3.8) is 0 Å². The molecule has 2 heterocycles. The third-order valence-corrected chi connectivity index (χ3v) is 2.44. The predicted molar refractivity (Wildman–Crippen MR) is 60.6 cm³/mol. The standard InChI is InChI=1S/C13H14FNO2/c14-11-5-3-8-15-12(11)6-4-10-17-13-7-1-2-9-16-13/h3,5,8,13H,1-2,7,9-10H2. The second kappa shape index (κ2) is 6.33. The summed E-state index contributed by atoms with van der Waals surface area (Å²) in [4.78, 5) is 3.83. The zero-order valence-corrected chi connectivity index (χ0v) is 9.49. The van der Waals surface area contributed by atoms with E-state index in [1.807, 2.05) is 0 Å². The number of ether oxygens (including phenoxy) is 2. The minimum Gasteiger partial charge on any atom is -0.353 e. The molecule has 0 bridgehead atoms. The zero-order valence-electron chi connectivity index (χ0n) is 9.49. The highest BCUT2D eigenvalue weighted by Gasteiger charge is 2.12. The van der Waals surface area contributed by atoms with Gasteiger partial charge in [-0.25, -0.2) is 9.37 Å². The number of halogens is 1. The van der Waals surface area contributed by atoms with Crippen LogP contribution in [0.15, 0.2) is 18.3 Å². The first kappa shape index (κ1) is 12.0. The summed E-state index contributed by atoms with van der Waals surface area (Å²) < 4.78 is 23.9. The van der Waals surface area contributed by atoms with Crippen molar-refractivity contribution >= 4 is 0 Å². The Hall–Kier alpha value is -1.44. The van der Waals surface area contributed by atoms with E-state index in [1.165, 1.54) is 18.3 Å². The third kappa shape index (κ3) is 3.81. The van der Waals surface area contributed by atoms with E-state index in [1.54, 1.807) is 0 Å². The molecule has 4 heteroatoms. The fourth-order valence-electron chi connectivity index (χ4n) is 1.57. The van der Waals surface area contributed by atoms with Gasteiger partial charge >= 0.3 is 0 Å². The van der Waals surface area contributed by atoms with Crippen LogP contribution in [0.25, 0.3) is 0 Å². The highest BCUT2D eigenvalue weighted by atomic mass is 19.1. The molecular formula is C13H14FNO2. The van der Waals surface area contributed by atoms with E-state index in [2.05, 4.69) is 16.8 Å². The van der Waals surface area contributed by atoms with Crippen LogP contribution in [0.4, 0.5) is 4.39 Å². The highest BCUT2D eigenvalue weighted by molar-refractivity contribution is 5.28. The first-order valence-electron chi connectivity index (χ1n) is 5.69. The number of pyridine rings is 1. The lowest BCUT2D eigenvalue weighted by Gasteiger charge is -2.21. The molecule has 1 aliphatic heterocycles. The van der Waals surface area contributed by atoms with Gasteiger partial charge in [-0.3, -0.25) is 0 Å². The molecule has 17 heavy (non-hydrogen) atoms. The normalized spacial score (nSPS) is 19.5. The van der Waals surface area contributed by atoms with Gasteiger partial charge in [-0.05, 0) is 37.3 Å². The number of nitrogens with zero attached hydrogens (tertiary/aromatic N) is 1. The van der Waals surface area contributed by atoms with E-state index in [0.717, 1.165) is 25.9 Å². The predicted octanol–water partition coefficient (Wildman–Crippen LogP) is 2.12. The SMILES string of the molecule is Fc1cccnc1C#CCOC1CCCCO1. The molecule has 90 valence electrons. The van der Waals surface area contributed by atoms with Crippen LogP contribution in [-0.4, -0.2) is 24.5 Å². The molecule has 1 unspecified atom stereocenters. The molecule has 0 radical (unpaired) electrons. The van der Waals surface area contributed by atoms with Crippen LogP contribution in [0, 0.1) is 17.7 Å². The van der Waals surface area contributed by atoms with Crippen LogP contribution < -0.4 is 0 Å². The Balaban J connectivity index is 1.80. The summed E-state index contributed by atoms with van der Waals surface area (Å²) in [7, 11) is 0. The molecule has 0 saturated carbocycles. The molecule has 0 aliphatic carbocycles. The number of aromatic nitrogens is 1. The quantitative estimate of drug-likeness (QED) is 0.736. The summed E-state index contributed by atoms with van der Waals surface area (Å²) in [6, 6.07) is 2.87. The minimum atomic E-state index is -0.408. The molecule has 1 aromatic heterocycles. The van der Waals surface area contributed by atoms with Crippen LogP contribution in [0.5, 0.6) is 0 Å². The van der Waals surface area contributed by atoms with Crippen LogP contribution in [0.2, 0.25) is 0 Å². The molecule has 0 N–H and O–H groups in total. The first-order chi connectivity index (χ1) is 8.36. The summed E-state index contributed by atoms with van der Waals surface area (Å²) in [6.45, 7) is 0.980. The largest absolute Gasteiger partial charge is 0.353 e. The Morgan fingerprint density at radius 3 is 3.24 bits per heavy atom. The van der Waals surface area contributed by atoms with Crippen LogP contribution in [-0.2, 0) is 9.47 Å².